The molecule has 0 fully saturated rings. The smallest absolute Gasteiger partial charge is 0.288 e. The van der Waals surface area contributed by atoms with Gasteiger partial charge in [-0.05, 0) is 23.8 Å². The zero-order chi connectivity index (χ0) is 13.8. The van der Waals surface area contributed by atoms with E-state index in [2.05, 4.69) is 0 Å². The maximum absolute atomic E-state index is 10.6. The number of rotatable bonds is 4. The summed E-state index contributed by atoms with van der Waals surface area (Å²) in [6.07, 6.45) is 0. The first-order chi connectivity index (χ1) is 9.10. The molecule has 98 valence electrons. The molecule has 0 spiro atoms. The number of nitrogens with zero attached hydrogens (tertiary/aromatic N) is 1. The van der Waals surface area contributed by atoms with Crippen LogP contribution in [0.15, 0.2) is 42.5 Å². The van der Waals surface area contributed by atoms with Crippen LogP contribution in [-0.4, -0.2) is 10.0 Å². The highest BCUT2D eigenvalue weighted by Gasteiger charge is 2.12. The standard InChI is InChI=1S/C13H10ClNO4/c14-12-7-11(5-6-13(12)15(17)18)19-10-3-1-9(8-16)2-4-10/h1-7,16H,8H2. The Hall–Kier alpha value is -2.11. The minimum atomic E-state index is -0.553. The van der Waals surface area contributed by atoms with Crippen LogP contribution in [-0.2, 0) is 6.61 Å². The van der Waals surface area contributed by atoms with Crippen molar-refractivity contribution in [1.29, 1.82) is 0 Å². The fourth-order valence-corrected chi connectivity index (χ4v) is 1.74. The molecule has 5 nitrogen and oxygen atoms in total. The molecule has 0 bridgehead atoms. The molecule has 1 N–H and O–H groups in total. The van der Waals surface area contributed by atoms with Crippen molar-refractivity contribution in [3.63, 3.8) is 0 Å². The van der Waals surface area contributed by atoms with Gasteiger partial charge in [0.05, 0.1) is 11.5 Å². The Morgan fingerprint density at radius 1 is 1.16 bits per heavy atom. The Kier molecular flexibility index (Phi) is 3.99. The number of ether oxygens (including phenoxy) is 1. The predicted octanol–water partition coefficient (Wildman–Crippen LogP) is 3.53. The molecule has 0 atom stereocenters. The maximum atomic E-state index is 10.6. The van der Waals surface area contributed by atoms with E-state index < -0.39 is 4.92 Å². The molecule has 0 aromatic heterocycles. The van der Waals surface area contributed by atoms with Crippen LogP contribution in [0.4, 0.5) is 5.69 Å². The summed E-state index contributed by atoms with van der Waals surface area (Å²) in [4.78, 5) is 10.1. The number of halogens is 1. The SMILES string of the molecule is O=[N+]([O-])c1ccc(Oc2ccc(CO)cc2)cc1Cl. The number of aliphatic hydroxyl groups is 1. The summed E-state index contributed by atoms with van der Waals surface area (Å²) < 4.78 is 5.50. The summed E-state index contributed by atoms with van der Waals surface area (Å²) in [6, 6.07) is 11.0. The maximum Gasteiger partial charge on any atom is 0.288 e. The first kappa shape index (κ1) is 13.3. The van der Waals surface area contributed by atoms with E-state index in [1.807, 2.05) is 0 Å². The van der Waals surface area contributed by atoms with Crippen LogP contribution >= 0.6 is 11.6 Å². The lowest BCUT2D eigenvalue weighted by Gasteiger charge is -2.06. The Labute approximate surface area is 114 Å². The Morgan fingerprint density at radius 3 is 2.32 bits per heavy atom. The van der Waals surface area contributed by atoms with Crippen LogP contribution in [0.2, 0.25) is 5.02 Å². The molecule has 0 unspecified atom stereocenters. The summed E-state index contributed by atoms with van der Waals surface area (Å²) in [5, 5.41) is 19.6. The van der Waals surface area contributed by atoms with E-state index in [1.165, 1.54) is 18.2 Å². The minimum Gasteiger partial charge on any atom is -0.457 e. The number of hydrogen-bond donors (Lipinski definition) is 1. The van der Waals surface area contributed by atoms with Crippen LogP contribution in [0.25, 0.3) is 0 Å². The quantitative estimate of drug-likeness (QED) is 0.686. The van der Waals surface area contributed by atoms with E-state index in [9.17, 15) is 10.1 Å². The molecule has 6 heteroatoms. The van der Waals surface area contributed by atoms with E-state index in [0.29, 0.717) is 11.5 Å². The Morgan fingerprint density at radius 2 is 1.79 bits per heavy atom. The van der Waals surface area contributed by atoms with Crippen LogP contribution in [0.5, 0.6) is 11.5 Å². The Bertz CT molecular complexity index is 598. The van der Waals surface area contributed by atoms with Crippen molar-refractivity contribution in [2.75, 3.05) is 0 Å². The molecule has 0 radical (unpaired) electrons. The largest absolute Gasteiger partial charge is 0.457 e. The highest BCUT2D eigenvalue weighted by molar-refractivity contribution is 6.32. The third-order valence-electron chi connectivity index (χ3n) is 2.46. The summed E-state index contributed by atoms with van der Waals surface area (Å²) >= 11 is 5.78. The number of hydrogen-bond acceptors (Lipinski definition) is 4. The third-order valence-corrected chi connectivity index (χ3v) is 2.76. The first-order valence-electron chi connectivity index (χ1n) is 5.42. The third kappa shape index (κ3) is 3.21. The van der Waals surface area contributed by atoms with Gasteiger partial charge in [-0.1, -0.05) is 23.7 Å². The van der Waals surface area contributed by atoms with Gasteiger partial charge in [0.2, 0.25) is 0 Å². The fourth-order valence-electron chi connectivity index (χ4n) is 1.50. The number of benzene rings is 2. The van der Waals surface area contributed by atoms with Gasteiger partial charge in [0.1, 0.15) is 16.5 Å². The zero-order valence-corrected chi connectivity index (χ0v) is 10.5. The van der Waals surface area contributed by atoms with Gasteiger partial charge < -0.3 is 9.84 Å². The van der Waals surface area contributed by atoms with Gasteiger partial charge in [-0.2, -0.15) is 0 Å². The monoisotopic (exact) mass is 279 g/mol. The molecule has 0 heterocycles. The molecule has 0 amide bonds. The molecule has 2 aromatic rings. The zero-order valence-electron chi connectivity index (χ0n) is 9.75. The lowest BCUT2D eigenvalue weighted by Crippen LogP contribution is -1.90. The molecule has 0 aliphatic carbocycles. The van der Waals surface area contributed by atoms with Crippen molar-refractivity contribution in [1.82, 2.24) is 0 Å². The average molecular weight is 280 g/mol. The number of aliphatic hydroxyl groups excluding tert-OH is 1. The minimum absolute atomic E-state index is 0.0227. The van der Waals surface area contributed by atoms with Crippen molar-refractivity contribution in [3.05, 3.63) is 63.2 Å². The Balaban J connectivity index is 2.18. The second kappa shape index (κ2) is 5.69. The van der Waals surface area contributed by atoms with Gasteiger partial charge in [0.15, 0.2) is 0 Å². The van der Waals surface area contributed by atoms with Gasteiger partial charge in [-0.25, -0.2) is 0 Å². The fraction of sp³-hybridized carbons (Fsp3) is 0.0769. The number of nitro benzene ring substituents is 1. The molecule has 2 aromatic carbocycles. The van der Waals surface area contributed by atoms with E-state index in [4.69, 9.17) is 21.4 Å². The lowest BCUT2D eigenvalue weighted by atomic mass is 10.2. The molecule has 0 aliphatic rings. The molecular formula is C13H10ClNO4. The van der Waals surface area contributed by atoms with E-state index in [1.54, 1.807) is 24.3 Å². The van der Waals surface area contributed by atoms with Gasteiger partial charge in [0.25, 0.3) is 5.69 Å². The molecule has 0 aliphatic heterocycles. The summed E-state index contributed by atoms with van der Waals surface area (Å²) in [6.45, 7) is -0.0381. The summed E-state index contributed by atoms with van der Waals surface area (Å²) in [5.41, 5.74) is 0.610. The van der Waals surface area contributed by atoms with Crippen LogP contribution in [0.3, 0.4) is 0 Å². The highest BCUT2D eigenvalue weighted by Crippen LogP contribution is 2.30. The van der Waals surface area contributed by atoms with E-state index in [-0.39, 0.29) is 17.3 Å². The van der Waals surface area contributed by atoms with Crippen LogP contribution in [0, 0.1) is 10.1 Å². The van der Waals surface area contributed by atoms with Crippen LogP contribution < -0.4 is 4.74 Å². The van der Waals surface area contributed by atoms with Gasteiger partial charge in [-0.15, -0.1) is 0 Å². The van der Waals surface area contributed by atoms with Crippen molar-refractivity contribution in [2.24, 2.45) is 0 Å². The molecule has 19 heavy (non-hydrogen) atoms. The molecular weight excluding hydrogens is 270 g/mol. The van der Waals surface area contributed by atoms with Crippen LogP contribution in [0.1, 0.15) is 5.56 Å². The average Bonchev–Trinajstić information content (AvgIpc) is 2.39. The van der Waals surface area contributed by atoms with E-state index >= 15 is 0 Å². The van der Waals surface area contributed by atoms with Gasteiger partial charge in [-0.3, -0.25) is 10.1 Å². The second-order valence-electron chi connectivity index (χ2n) is 3.77. The van der Waals surface area contributed by atoms with Gasteiger partial charge in [0, 0.05) is 12.1 Å². The molecule has 0 saturated heterocycles. The second-order valence-corrected chi connectivity index (χ2v) is 4.18. The van der Waals surface area contributed by atoms with E-state index in [0.717, 1.165) is 5.56 Å². The summed E-state index contributed by atoms with van der Waals surface area (Å²) in [7, 11) is 0. The predicted molar refractivity (Wildman–Crippen MR) is 70.5 cm³/mol. The number of nitro groups is 1. The topological polar surface area (TPSA) is 72.6 Å². The van der Waals surface area contributed by atoms with Crippen molar-refractivity contribution in [2.45, 2.75) is 6.61 Å². The van der Waals surface area contributed by atoms with Crippen molar-refractivity contribution in [3.8, 4) is 11.5 Å². The first-order valence-corrected chi connectivity index (χ1v) is 5.79. The van der Waals surface area contributed by atoms with Crippen molar-refractivity contribution >= 4 is 17.3 Å². The van der Waals surface area contributed by atoms with Gasteiger partial charge >= 0.3 is 0 Å². The lowest BCUT2D eigenvalue weighted by molar-refractivity contribution is -0.384. The normalized spacial score (nSPS) is 10.2. The highest BCUT2D eigenvalue weighted by atomic mass is 35.5. The summed E-state index contributed by atoms with van der Waals surface area (Å²) in [5.74, 6) is 0.967. The van der Waals surface area contributed by atoms with Crippen molar-refractivity contribution < 1.29 is 14.8 Å². The molecule has 0 saturated carbocycles. The molecule has 2 rings (SSSR count).